The van der Waals surface area contributed by atoms with Crippen LogP contribution < -0.4 is 20.3 Å². The number of ether oxygens (including phenoxy) is 2. The van der Waals surface area contributed by atoms with Crippen LogP contribution >= 0.6 is 11.8 Å². The van der Waals surface area contributed by atoms with Gasteiger partial charge in [0.25, 0.3) is 5.56 Å². The molecule has 1 heterocycles. The molecule has 0 saturated heterocycles. The lowest BCUT2D eigenvalue weighted by molar-refractivity contribution is -0.137. The molecule has 0 radical (unpaired) electrons. The van der Waals surface area contributed by atoms with E-state index in [1.807, 2.05) is 38.1 Å². The van der Waals surface area contributed by atoms with Crippen LogP contribution in [-0.4, -0.2) is 35.4 Å². The summed E-state index contributed by atoms with van der Waals surface area (Å²) in [5, 5.41) is 3.53. The second-order valence-corrected chi connectivity index (χ2v) is 10.5. The fraction of sp³-hybridized carbons (Fsp3) is 0.300. The number of hydrogen-bond acceptors (Lipinski definition) is 6. The quantitative estimate of drug-likeness (QED) is 0.168. The smallest absolute Gasteiger partial charge is 0.416 e. The van der Waals surface area contributed by atoms with E-state index in [4.69, 9.17) is 9.47 Å². The molecule has 1 amide bonds. The summed E-state index contributed by atoms with van der Waals surface area (Å²) < 4.78 is 51.1. The Bertz CT molecular complexity index is 1600. The van der Waals surface area contributed by atoms with E-state index >= 15 is 0 Å². The van der Waals surface area contributed by atoms with Crippen molar-refractivity contribution < 1.29 is 27.4 Å². The summed E-state index contributed by atoms with van der Waals surface area (Å²) in [5.41, 5.74) is 1.60. The van der Waals surface area contributed by atoms with Crippen LogP contribution in [-0.2, 0) is 23.9 Å². The molecular formula is C30H30F3N3O4S. The van der Waals surface area contributed by atoms with E-state index in [0.717, 1.165) is 35.1 Å². The second-order valence-electron chi connectivity index (χ2n) is 9.60. The number of thioether (sulfide) groups is 1. The molecule has 3 aromatic carbocycles. The van der Waals surface area contributed by atoms with Crippen molar-refractivity contribution in [3.8, 4) is 11.5 Å². The van der Waals surface area contributed by atoms with Crippen molar-refractivity contribution in [3.05, 3.63) is 87.7 Å². The molecule has 4 aromatic rings. The van der Waals surface area contributed by atoms with E-state index in [0.29, 0.717) is 27.7 Å². The fourth-order valence-corrected chi connectivity index (χ4v) is 5.19. The number of carbonyl (C=O) groups is 1. The lowest BCUT2D eigenvalue weighted by Gasteiger charge is -2.16. The maximum atomic E-state index is 13.6. The average molecular weight is 586 g/mol. The lowest BCUT2D eigenvalue weighted by Crippen LogP contribution is -2.25. The summed E-state index contributed by atoms with van der Waals surface area (Å²) >= 11 is 1.10. The van der Waals surface area contributed by atoms with Gasteiger partial charge in [-0.05, 0) is 47.7 Å². The van der Waals surface area contributed by atoms with E-state index in [2.05, 4.69) is 10.3 Å². The number of rotatable bonds is 10. The van der Waals surface area contributed by atoms with E-state index in [1.165, 1.54) is 30.9 Å². The average Bonchev–Trinajstić information content (AvgIpc) is 2.95. The molecule has 4 rings (SSSR count). The number of nitrogens with zero attached hydrogens (tertiary/aromatic N) is 2. The topological polar surface area (TPSA) is 82.5 Å². The van der Waals surface area contributed by atoms with Crippen LogP contribution in [0.5, 0.6) is 11.5 Å². The zero-order valence-electron chi connectivity index (χ0n) is 23.0. The third-order valence-electron chi connectivity index (χ3n) is 6.52. The van der Waals surface area contributed by atoms with Gasteiger partial charge in [-0.1, -0.05) is 55.9 Å². The highest BCUT2D eigenvalue weighted by Crippen LogP contribution is 2.32. The highest BCUT2D eigenvalue weighted by Gasteiger charge is 2.30. The standard InChI is InChI=1S/C30H30F3N3O4S/c1-18(2)21-7-5-6-8-23(21)34-27(37)17-41-29-35-24-16-26(40-4)25(39-3)15-22(24)28(38)36(29)14-13-19-9-11-20(12-10-19)30(31,32)33/h5-12,15-16,18H,13-14,17H2,1-4H3,(H,34,37). The Morgan fingerprint density at radius 2 is 1.68 bits per heavy atom. The number of amides is 1. The molecule has 0 fully saturated rings. The summed E-state index contributed by atoms with van der Waals surface area (Å²) in [6.07, 6.45) is -4.15. The maximum Gasteiger partial charge on any atom is 0.416 e. The molecule has 0 aliphatic carbocycles. The second kappa shape index (κ2) is 12.7. The molecule has 1 aromatic heterocycles. The van der Waals surface area contributed by atoms with Crippen LogP contribution in [0, 0.1) is 0 Å². The lowest BCUT2D eigenvalue weighted by atomic mass is 10.0. The number of nitrogens with one attached hydrogen (secondary N) is 1. The molecule has 0 spiro atoms. The Labute approximate surface area is 239 Å². The number of fused-ring (bicyclic) bond motifs is 1. The van der Waals surface area contributed by atoms with Gasteiger partial charge in [0.1, 0.15) is 0 Å². The molecular weight excluding hydrogens is 555 g/mol. The summed E-state index contributed by atoms with van der Waals surface area (Å²) in [5.74, 6) is 0.686. The molecule has 7 nitrogen and oxygen atoms in total. The van der Waals surface area contributed by atoms with Crippen molar-refractivity contribution in [2.45, 2.75) is 44.1 Å². The molecule has 41 heavy (non-hydrogen) atoms. The predicted molar refractivity (Wildman–Crippen MR) is 154 cm³/mol. The number of alkyl halides is 3. The molecule has 0 aliphatic heterocycles. The third-order valence-corrected chi connectivity index (χ3v) is 7.50. The number of aryl methyl sites for hydroxylation is 1. The van der Waals surface area contributed by atoms with Gasteiger partial charge in [-0.15, -0.1) is 0 Å². The van der Waals surface area contributed by atoms with Gasteiger partial charge in [-0.3, -0.25) is 14.2 Å². The first-order chi connectivity index (χ1) is 19.5. The van der Waals surface area contributed by atoms with Crippen LogP contribution in [0.3, 0.4) is 0 Å². The summed E-state index contributed by atoms with van der Waals surface area (Å²) in [6.45, 7) is 4.22. The zero-order valence-corrected chi connectivity index (χ0v) is 23.9. The van der Waals surface area contributed by atoms with Gasteiger partial charge in [0.15, 0.2) is 16.7 Å². The Hall–Kier alpha value is -3.99. The van der Waals surface area contributed by atoms with Gasteiger partial charge in [-0.25, -0.2) is 4.98 Å². The number of anilines is 1. The minimum absolute atomic E-state index is 0.0159. The molecule has 1 N–H and O–H groups in total. The van der Waals surface area contributed by atoms with Crippen LogP contribution in [0.4, 0.5) is 18.9 Å². The maximum absolute atomic E-state index is 13.6. The van der Waals surface area contributed by atoms with Crippen molar-refractivity contribution >= 4 is 34.3 Å². The number of aromatic nitrogens is 2. The molecule has 0 unspecified atom stereocenters. The van der Waals surface area contributed by atoms with Gasteiger partial charge >= 0.3 is 6.18 Å². The Morgan fingerprint density at radius 1 is 1.02 bits per heavy atom. The number of halogens is 3. The van der Waals surface area contributed by atoms with E-state index < -0.39 is 11.7 Å². The molecule has 0 atom stereocenters. The highest BCUT2D eigenvalue weighted by atomic mass is 32.2. The van der Waals surface area contributed by atoms with Gasteiger partial charge < -0.3 is 14.8 Å². The minimum atomic E-state index is -4.43. The van der Waals surface area contributed by atoms with Crippen molar-refractivity contribution in [2.75, 3.05) is 25.3 Å². The van der Waals surface area contributed by atoms with Gasteiger partial charge in [0, 0.05) is 18.3 Å². The summed E-state index contributed by atoms with van der Waals surface area (Å²) in [4.78, 5) is 31.2. The number of benzene rings is 3. The molecule has 11 heteroatoms. The largest absolute Gasteiger partial charge is 0.493 e. The fourth-order valence-electron chi connectivity index (χ4n) is 4.37. The van der Waals surface area contributed by atoms with E-state index in [9.17, 15) is 22.8 Å². The SMILES string of the molecule is COc1cc2nc(SCC(=O)Nc3ccccc3C(C)C)n(CCc3ccc(C(F)(F)F)cc3)c(=O)c2cc1OC. The molecule has 216 valence electrons. The summed E-state index contributed by atoms with van der Waals surface area (Å²) in [6, 6.07) is 15.5. The van der Waals surface area contributed by atoms with Crippen molar-refractivity contribution in [3.63, 3.8) is 0 Å². The Kier molecular flexibility index (Phi) is 9.27. The Morgan fingerprint density at radius 3 is 2.32 bits per heavy atom. The van der Waals surface area contributed by atoms with Crippen molar-refractivity contribution in [1.82, 2.24) is 9.55 Å². The first-order valence-corrected chi connectivity index (χ1v) is 13.8. The number of methoxy groups -OCH3 is 2. The number of carbonyl (C=O) groups excluding carboxylic acids is 1. The third kappa shape index (κ3) is 7.02. The Balaban J connectivity index is 1.64. The molecule has 0 saturated carbocycles. The molecule has 0 aliphatic rings. The number of para-hydroxylation sites is 1. The first-order valence-electron chi connectivity index (χ1n) is 12.9. The van der Waals surface area contributed by atoms with Crippen molar-refractivity contribution in [2.24, 2.45) is 0 Å². The normalized spacial score (nSPS) is 11.6. The van der Waals surface area contributed by atoms with Crippen LogP contribution in [0.15, 0.2) is 70.6 Å². The van der Waals surface area contributed by atoms with Gasteiger partial charge in [0.05, 0.1) is 36.4 Å². The predicted octanol–water partition coefficient (Wildman–Crippen LogP) is 6.53. The van der Waals surface area contributed by atoms with Crippen LogP contribution in [0.25, 0.3) is 10.9 Å². The molecule has 0 bridgehead atoms. The summed E-state index contributed by atoms with van der Waals surface area (Å²) in [7, 11) is 2.94. The van der Waals surface area contributed by atoms with Gasteiger partial charge in [0.2, 0.25) is 5.91 Å². The zero-order chi connectivity index (χ0) is 29.7. The monoisotopic (exact) mass is 585 g/mol. The van der Waals surface area contributed by atoms with Crippen LogP contribution in [0.2, 0.25) is 0 Å². The van der Waals surface area contributed by atoms with E-state index in [-0.39, 0.29) is 41.5 Å². The van der Waals surface area contributed by atoms with E-state index in [1.54, 1.807) is 12.1 Å². The first kappa shape index (κ1) is 30.0. The number of hydrogen-bond donors (Lipinski definition) is 1. The highest BCUT2D eigenvalue weighted by molar-refractivity contribution is 7.99. The minimum Gasteiger partial charge on any atom is -0.493 e. The van der Waals surface area contributed by atoms with Gasteiger partial charge in [-0.2, -0.15) is 13.2 Å². The van der Waals surface area contributed by atoms with Crippen molar-refractivity contribution in [1.29, 1.82) is 0 Å². The van der Waals surface area contributed by atoms with Crippen LogP contribution in [0.1, 0.15) is 36.5 Å².